The predicted octanol–water partition coefficient (Wildman–Crippen LogP) is 4.75. The van der Waals surface area contributed by atoms with E-state index in [1.54, 1.807) is 12.1 Å². The van der Waals surface area contributed by atoms with Gasteiger partial charge < -0.3 is 5.32 Å². The SMILES string of the molecule is Cc1cc(Br)ccc1C(=O)Nc1ccc(F)cc1I. The maximum atomic E-state index is 13.0. The molecule has 0 atom stereocenters. The van der Waals surface area contributed by atoms with E-state index in [0.717, 1.165) is 10.0 Å². The lowest BCUT2D eigenvalue weighted by atomic mass is 10.1. The fraction of sp³-hybridized carbons (Fsp3) is 0.0714. The molecular weight excluding hydrogens is 424 g/mol. The van der Waals surface area contributed by atoms with Gasteiger partial charge in [-0.15, -0.1) is 0 Å². The molecule has 2 aromatic rings. The minimum absolute atomic E-state index is 0.200. The average molecular weight is 434 g/mol. The Bertz CT molecular complexity index is 645. The van der Waals surface area contributed by atoms with Crippen molar-refractivity contribution in [2.24, 2.45) is 0 Å². The van der Waals surface area contributed by atoms with Gasteiger partial charge in [-0.05, 0) is 71.5 Å². The topological polar surface area (TPSA) is 29.1 Å². The maximum Gasteiger partial charge on any atom is 0.255 e. The summed E-state index contributed by atoms with van der Waals surface area (Å²) in [4.78, 5) is 12.2. The van der Waals surface area contributed by atoms with Crippen molar-refractivity contribution in [2.45, 2.75) is 6.92 Å². The zero-order chi connectivity index (χ0) is 14.0. The molecule has 0 radical (unpaired) electrons. The first-order chi connectivity index (χ1) is 8.97. The van der Waals surface area contributed by atoms with Crippen LogP contribution in [0.2, 0.25) is 0 Å². The Morgan fingerprint density at radius 1 is 1.26 bits per heavy atom. The molecule has 1 amide bonds. The number of halogens is 3. The van der Waals surface area contributed by atoms with Crippen LogP contribution in [0, 0.1) is 16.3 Å². The summed E-state index contributed by atoms with van der Waals surface area (Å²) in [6.45, 7) is 1.87. The molecule has 0 spiro atoms. The van der Waals surface area contributed by atoms with Crippen molar-refractivity contribution in [1.29, 1.82) is 0 Å². The standard InChI is InChI=1S/C14H10BrFINO/c1-8-6-9(15)2-4-11(8)14(19)18-13-5-3-10(16)7-12(13)17/h2-7H,1H3,(H,18,19). The second kappa shape index (κ2) is 6.00. The van der Waals surface area contributed by atoms with Gasteiger partial charge >= 0.3 is 0 Å². The first kappa shape index (κ1) is 14.5. The third-order valence-corrected chi connectivity index (χ3v) is 4.00. The molecule has 0 aliphatic heterocycles. The number of carbonyl (C=O) groups is 1. The molecule has 1 N–H and O–H groups in total. The molecule has 0 bridgehead atoms. The lowest BCUT2D eigenvalue weighted by Gasteiger charge is -2.09. The third kappa shape index (κ3) is 3.54. The Kier molecular flexibility index (Phi) is 4.57. The summed E-state index contributed by atoms with van der Waals surface area (Å²) >= 11 is 5.35. The van der Waals surface area contributed by atoms with E-state index >= 15 is 0 Å². The molecule has 2 rings (SSSR count). The molecule has 2 aromatic carbocycles. The normalized spacial score (nSPS) is 10.3. The third-order valence-electron chi connectivity index (χ3n) is 2.61. The summed E-state index contributed by atoms with van der Waals surface area (Å²) in [5.74, 6) is -0.517. The first-order valence-electron chi connectivity index (χ1n) is 5.50. The molecule has 0 aliphatic rings. The van der Waals surface area contributed by atoms with Gasteiger partial charge in [0.2, 0.25) is 0 Å². The van der Waals surface area contributed by atoms with Crippen LogP contribution in [0.4, 0.5) is 10.1 Å². The molecule has 19 heavy (non-hydrogen) atoms. The van der Waals surface area contributed by atoms with Gasteiger partial charge in [0.05, 0.1) is 5.69 Å². The molecule has 0 aliphatic carbocycles. The zero-order valence-electron chi connectivity index (χ0n) is 10.0. The van der Waals surface area contributed by atoms with E-state index in [1.807, 2.05) is 41.6 Å². The second-order valence-electron chi connectivity index (χ2n) is 4.04. The van der Waals surface area contributed by atoms with Gasteiger partial charge in [0.1, 0.15) is 5.82 Å². The number of benzene rings is 2. The Morgan fingerprint density at radius 3 is 2.63 bits per heavy atom. The van der Waals surface area contributed by atoms with Crippen LogP contribution in [0.25, 0.3) is 0 Å². The second-order valence-corrected chi connectivity index (χ2v) is 6.12. The maximum absolute atomic E-state index is 13.0. The number of aryl methyl sites for hydroxylation is 1. The van der Waals surface area contributed by atoms with Crippen molar-refractivity contribution < 1.29 is 9.18 Å². The van der Waals surface area contributed by atoms with Crippen LogP contribution in [0.15, 0.2) is 40.9 Å². The molecule has 0 fully saturated rings. The average Bonchev–Trinajstić information content (AvgIpc) is 2.32. The van der Waals surface area contributed by atoms with E-state index < -0.39 is 0 Å². The number of rotatable bonds is 2. The van der Waals surface area contributed by atoms with Gasteiger partial charge in [0.25, 0.3) is 5.91 Å². The minimum atomic E-state index is -0.317. The Morgan fingerprint density at radius 2 is 2.00 bits per heavy atom. The fourth-order valence-corrected chi connectivity index (χ4v) is 2.75. The molecule has 98 valence electrons. The molecule has 0 saturated carbocycles. The van der Waals surface area contributed by atoms with Crippen molar-refractivity contribution in [3.63, 3.8) is 0 Å². The monoisotopic (exact) mass is 433 g/mol. The predicted molar refractivity (Wildman–Crippen MR) is 85.9 cm³/mol. The van der Waals surface area contributed by atoms with Crippen LogP contribution in [0.3, 0.4) is 0 Å². The van der Waals surface area contributed by atoms with Crippen LogP contribution < -0.4 is 5.32 Å². The summed E-state index contributed by atoms with van der Waals surface area (Å²) in [5, 5.41) is 2.79. The fourth-order valence-electron chi connectivity index (χ4n) is 1.66. The number of hydrogen-bond donors (Lipinski definition) is 1. The lowest BCUT2D eigenvalue weighted by Crippen LogP contribution is -2.14. The lowest BCUT2D eigenvalue weighted by molar-refractivity contribution is 0.102. The van der Waals surface area contributed by atoms with E-state index in [-0.39, 0.29) is 11.7 Å². The van der Waals surface area contributed by atoms with E-state index in [1.165, 1.54) is 12.1 Å². The Balaban J connectivity index is 2.25. The first-order valence-corrected chi connectivity index (χ1v) is 7.37. The molecule has 0 unspecified atom stereocenters. The molecule has 2 nitrogen and oxygen atoms in total. The van der Waals surface area contributed by atoms with E-state index in [4.69, 9.17) is 0 Å². The molecule has 0 saturated heterocycles. The van der Waals surface area contributed by atoms with Crippen molar-refractivity contribution in [3.8, 4) is 0 Å². The number of anilines is 1. The van der Waals surface area contributed by atoms with Crippen molar-refractivity contribution in [2.75, 3.05) is 5.32 Å². The minimum Gasteiger partial charge on any atom is -0.321 e. The Labute approximate surface area is 132 Å². The summed E-state index contributed by atoms with van der Waals surface area (Å²) in [5.41, 5.74) is 2.08. The van der Waals surface area contributed by atoms with Crippen molar-refractivity contribution in [3.05, 3.63) is 61.4 Å². The van der Waals surface area contributed by atoms with Crippen molar-refractivity contribution in [1.82, 2.24) is 0 Å². The van der Waals surface area contributed by atoms with Gasteiger partial charge in [-0.25, -0.2) is 4.39 Å². The van der Waals surface area contributed by atoms with Gasteiger partial charge in [-0.1, -0.05) is 15.9 Å². The number of nitrogens with one attached hydrogen (secondary N) is 1. The highest BCUT2D eigenvalue weighted by atomic mass is 127. The summed E-state index contributed by atoms with van der Waals surface area (Å²) in [6.07, 6.45) is 0. The van der Waals surface area contributed by atoms with Gasteiger partial charge in [0, 0.05) is 13.6 Å². The van der Waals surface area contributed by atoms with Crippen LogP contribution >= 0.6 is 38.5 Å². The largest absolute Gasteiger partial charge is 0.321 e. The van der Waals surface area contributed by atoms with Gasteiger partial charge in [-0.2, -0.15) is 0 Å². The van der Waals surface area contributed by atoms with Crippen molar-refractivity contribution >= 4 is 50.1 Å². The smallest absolute Gasteiger partial charge is 0.255 e. The molecular formula is C14H10BrFINO. The van der Waals surface area contributed by atoms with E-state index in [9.17, 15) is 9.18 Å². The molecule has 0 heterocycles. The summed E-state index contributed by atoms with van der Waals surface area (Å²) in [6, 6.07) is 9.72. The van der Waals surface area contributed by atoms with E-state index in [2.05, 4.69) is 21.2 Å². The van der Waals surface area contributed by atoms with Crippen LogP contribution in [-0.2, 0) is 0 Å². The van der Waals surface area contributed by atoms with Crippen LogP contribution in [0.5, 0.6) is 0 Å². The molecule has 5 heteroatoms. The van der Waals surface area contributed by atoms with E-state index in [0.29, 0.717) is 14.8 Å². The summed E-state index contributed by atoms with van der Waals surface area (Å²) < 4.78 is 14.6. The van der Waals surface area contributed by atoms with Gasteiger partial charge in [0.15, 0.2) is 0 Å². The Hall–Kier alpha value is -0.950. The highest BCUT2D eigenvalue weighted by molar-refractivity contribution is 14.1. The number of amides is 1. The van der Waals surface area contributed by atoms with Gasteiger partial charge in [-0.3, -0.25) is 4.79 Å². The summed E-state index contributed by atoms with van der Waals surface area (Å²) in [7, 11) is 0. The van der Waals surface area contributed by atoms with Crippen LogP contribution in [0.1, 0.15) is 15.9 Å². The number of carbonyl (C=O) groups excluding carboxylic acids is 1. The van der Waals surface area contributed by atoms with Crippen LogP contribution in [-0.4, -0.2) is 5.91 Å². The highest BCUT2D eigenvalue weighted by Crippen LogP contribution is 2.21. The zero-order valence-corrected chi connectivity index (χ0v) is 13.7. The molecule has 0 aromatic heterocycles. The highest BCUT2D eigenvalue weighted by Gasteiger charge is 2.11. The number of hydrogen-bond acceptors (Lipinski definition) is 1. The quantitative estimate of drug-likeness (QED) is 0.680.